The van der Waals surface area contributed by atoms with Crippen LogP contribution in [0.2, 0.25) is 0 Å². The molecule has 0 spiro atoms. The van der Waals surface area contributed by atoms with Crippen LogP contribution < -0.4 is 10.1 Å². The van der Waals surface area contributed by atoms with Crippen molar-refractivity contribution >= 4 is 11.9 Å². The predicted octanol–water partition coefficient (Wildman–Crippen LogP) is 1.98. The number of para-hydroxylation sites is 1. The summed E-state index contributed by atoms with van der Waals surface area (Å²) in [6, 6.07) is 7.31. The Morgan fingerprint density at radius 2 is 2.12 bits per heavy atom. The van der Waals surface area contributed by atoms with Gasteiger partial charge < -0.3 is 15.2 Å². The van der Waals surface area contributed by atoms with Gasteiger partial charge in [0, 0.05) is 19.5 Å². The van der Waals surface area contributed by atoms with Gasteiger partial charge in [-0.25, -0.2) is 0 Å². The van der Waals surface area contributed by atoms with Crippen LogP contribution in [-0.2, 0) is 18.3 Å². The van der Waals surface area contributed by atoms with Crippen LogP contribution in [0.25, 0.3) is 0 Å². The van der Waals surface area contributed by atoms with Crippen molar-refractivity contribution in [1.82, 2.24) is 15.1 Å². The van der Waals surface area contributed by atoms with E-state index in [4.69, 9.17) is 4.74 Å². The van der Waals surface area contributed by atoms with Crippen molar-refractivity contribution < 1.29 is 19.4 Å². The molecular formula is C19H23N3O4. The van der Waals surface area contributed by atoms with E-state index in [1.165, 1.54) is 0 Å². The topological polar surface area (TPSA) is 93.5 Å². The predicted molar refractivity (Wildman–Crippen MR) is 95.3 cm³/mol. The molecule has 1 aliphatic rings. The molecule has 7 nitrogen and oxygen atoms in total. The fourth-order valence-corrected chi connectivity index (χ4v) is 3.16. The van der Waals surface area contributed by atoms with Crippen LogP contribution in [0.4, 0.5) is 0 Å². The number of carboxylic acids is 1. The SMILES string of the molecule is COc1ccccc1CC(CNC(=O)c1cnn(C)c1C1CC1)C(=O)O. The molecule has 1 heterocycles. The zero-order chi connectivity index (χ0) is 18.7. The van der Waals surface area contributed by atoms with Gasteiger partial charge in [-0.15, -0.1) is 0 Å². The first-order valence-electron chi connectivity index (χ1n) is 8.66. The Hall–Kier alpha value is -2.83. The van der Waals surface area contributed by atoms with Gasteiger partial charge in [0.25, 0.3) is 5.91 Å². The van der Waals surface area contributed by atoms with Crippen molar-refractivity contribution in [3.8, 4) is 5.75 Å². The fraction of sp³-hybridized carbons (Fsp3) is 0.421. The number of hydrogen-bond donors (Lipinski definition) is 2. The molecule has 2 aromatic rings. The van der Waals surface area contributed by atoms with Gasteiger partial charge in [0.2, 0.25) is 0 Å². The zero-order valence-electron chi connectivity index (χ0n) is 14.9. The van der Waals surface area contributed by atoms with E-state index in [0.717, 1.165) is 24.1 Å². The number of carbonyl (C=O) groups excluding carboxylic acids is 1. The van der Waals surface area contributed by atoms with Crippen LogP contribution >= 0.6 is 0 Å². The summed E-state index contributed by atoms with van der Waals surface area (Å²) in [6.07, 6.45) is 3.96. The highest BCUT2D eigenvalue weighted by Crippen LogP contribution is 2.41. The summed E-state index contributed by atoms with van der Waals surface area (Å²) in [7, 11) is 3.38. The van der Waals surface area contributed by atoms with Crippen molar-refractivity contribution in [2.75, 3.05) is 13.7 Å². The van der Waals surface area contributed by atoms with Gasteiger partial charge in [0.1, 0.15) is 5.75 Å². The van der Waals surface area contributed by atoms with Crippen molar-refractivity contribution in [2.24, 2.45) is 13.0 Å². The van der Waals surface area contributed by atoms with Crippen molar-refractivity contribution in [3.63, 3.8) is 0 Å². The summed E-state index contributed by atoms with van der Waals surface area (Å²) in [4.78, 5) is 24.2. The molecule has 0 bridgehead atoms. The molecule has 1 atom stereocenters. The Morgan fingerprint density at radius 3 is 2.77 bits per heavy atom. The molecule has 26 heavy (non-hydrogen) atoms. The third-order valence-electron chi connectivity index (χ3n) is 4.71. The number of nitrogens with one attached hydrogen (secondary N) is 1. The lowest BCUT2D eigenvalue weighted by molar-refractivity contribution is -0.141. The fourth-order valence-electron chi connectivity index (χ4n) is 3.16. The Morgan fingerprint density at radius 1 is 1.38 bits per heavy atom. The molecule has 1 amide bonds. The number of nitrogens with zero attached hydrogens (tertiary/aromatic N) is 2. The Balaban J connectivity index is 1.67. The molecule has 0 aliphatic heterocycles. The minimum absolute atomic E-state index is 0.0468. The zero-order valence-corrected chi connectivity index (χ0v) is 14.9. The van der Waals surface area contributed by atoms with E-state index in [0.29, 0.717) is 17.2 Å². The second-order valence-electron chi connectivity index (χ2n) is 6.60. The third kappa shape index (κ3) is 3.87. The van der Waals surface area contributed by atoms with E-state index in [2.05, 4.69) is 10.4 Å². The molecular weight excluding hydrogens is 334 g/mol. The maximum Gasteiger partial charge on any atom is 0.308 e. The molecule has 1 unspecified atom stereocenters. The summed E-state index contributed by atoms with van der Waals surface area (Å²) in [6.45, 7) is 0.0468. The number of aromatic nitrogens is 2. The molecule has 2 N–H and O–H groups in total. The lowest BCUT2D eigenvalue weighted by Gasteiger charge is -2.15. The standard InChI is InChI=1S/C19H23N3O4/c1-22-17(12-7-8-12)15(11-21-22)18(23)20-10-14(19(24)25)9-13-5-3-4-6-16(13)26-2/h3-6,11-12,14H,7-10H2,1-2H3,(H,20,23)(H,24,25). The van der Waals surface area contributed by atoms with E-state index in [9.17, 15) is 14.7 Å². The van der Waals surface area contributed by atoms with Crippen LogP contribution in [0.1, 0.15) is 40.4 Å². The lowest BCUT2D eigenvalue weighted by atomic mass is 9.98. The van der Waals surface area contributed by atoms with Gasteiger partial charge in [-0.1, -0.05) is 18.2 Å². The number of carbonyl (C=O) groups is 2. The smallest absolute Gasteiger partial charge is 0.308 e. The number of aliphatic carboxylic acids is 1. The maximum atomic E-state index is 12.5. The minimum atomic E-state index is -0.954. The molecule has 1 saturated carbocycles. The van der Waals surface area contributed by atoms with Gasteiger partial charge >= 0.3 is 5.97 Å². The van der Waals surface area contributed by atoms with Gasteiger partial charge in [0.15, 0.2) is 0 Å². The van der Waals surface area contributed by atoms with Gasteiger partial charge in [-0.05, 0) is 30.9 Å². The van der Waals surface area contributed by atoms with Crippen molar-refractivity contribution in [1.29, 1.82) is 0 Å². The molecule has 1 aliphatic carbocycles. The van der Waals surface area contributed by atoms with Crippen LogP contribution in [0.15, 0.2) is 30.5 Å². The van der Waals surface area contributed by atoms with Gasteiger partial charge in [-0.2, -0.15) is 5.10 Å². The second-order valence-corrected chi connectivity index (χ2v) is 6.60. The van der Waals surface area contributed by atoms with Gasteiger partial charge in [-0.3, -0.25) is 14.3 Å². The van der Waals surface area contributed by atoms with E-state index in [1.807, 2.05) is 25.2 Å². The number of amides is 1. The number of hydrogen-bond acceptors (Lipinski definition) is 4. The molecule has 7 heteroatoms. The highest BCUT2D eigenvalue weighted by atomic mass is 16.5. The molecule has 3 rings (SSSR count). The number of carboxylic acid groups (broad SMARTS) is 1. The van der Waals surface area contributed by atoms with Crippen molar-refractivity contribution in [2.45, 2.75) is 25.2 Å². The summed E-state index contributed by atoms with van der Waals surface area (Å²) >= 11 is 0. The largest absolute Gasteiger partial charge is 0.496 e. The highest BCUT2D eigenvalue weighted by molar-refractivity contribution is 5.95. The number of aryl methyl sites for hydroxylation is 1. The first-order chi connectivity index (χ1) is 12.5. The number of ether oxygens (including phenoxy) is 1. The summed E-state index contributed by atoms with van der Waals surface area (Å²) in [5.41, 5.74) is 2.27. The molecule has 0 saturated heterocycles. The average molecular weight is 357 g/mol. The second kappa shape index (κ2) is 7.59. The first kappa shape index (κ1) is 18.0. The third-order valence-corrected chi connectivity index (χ3v) is 4.71. The summed E-state index contributed by atoms with van der Waals surface area (Å²) in [5, 5.41) is 16.5. The molecule has 1 aromatic heterocycles. The Kier molecular flexibility index (Phi) is 5.25. The van der Waals surface area contributed by atoms with E-state index < -0.39 is 11.9 Å². The van der Waals surface area contributed by atoms with Crippen LogP contribution in [-0.4, -0.2) is 40.4 Å². The monoisotopic (exact) mass is 357 g/mol. The number of benzene rings is 1. The quantitative estimate of drug-likeness (QED) is 0.753. The average Bonchev–Trinajstić information content (AvgIpc) is 3.39. The maximum absolute atomic E-state index is 12.5. The van der Waals surface area contributed by atoms with Crippen LogP contribution in [0, 0.1) is 5.92 Å². The molecule has 138 valence electrons. The normalized spacial score (nSPS) is 14.7. The van der Waals surface area contributed by atoms with Crippen LogP contribution in [0.3, 0.4) is 0 Å². The molecule has 1 fully saturated rings. The summed E-state index contributed by atoms with van der Waals surface area (Å²) < 4.78 is 7.01. The molecule has 1 aromatic carbocycles. The minimum Gasteiger partial charge on any atom is -0.496 e. The summed E-state index contributed by atoms with van der Waals surface area (Å²) in [5.74, 6) is -0.937. The number of methoxy groups -OCH3 is 1. The van der Waals surface area contributed by atoms with Crippen LogP contribution in [0.5, 0.6) is 5.75 Å². The Bertz CT molecular complexity index is 811. The lowest BCUT2D eigenvalue weighted by Crippen LogP contribution is -2.34. The first-order valence-corrected chi connectivity index (χ1v) is 8.66. The van der Waals surface area contributed by atoms with E-state index >= 15 is 0 Å². The van der Waals surface area contributed by atoms with E-state index in [1.54, 1.807) is 24.1 Å². The highest BCUT2D eigenvalue weighted by Gasteiger charge is 2.32. The molecule has 0 radical (unpaired) electrons. The Labute approximate surface area is 152 Å². The van der Waals surface area contributed by atoms with Crippen molar-refractivity contribution in [3.05, 3.63) is 47.3 Å². The van der Waals surface area contributed by atoms with E-state index in [-0.39, 0.29) is 18.9 Å². The number of rotatable bonds is 8. The van der Waals surface area contributed by atoms with Gasteiger partial charge in [0.05, 0.1) is 30.5 Å².